The van der Waals surface area contributed by atoms with Crippen LogP contribution < -0.4 is 5.32 Å². The fraction of sp³-hybridized carbons (Fsp3) is 0.500. The van der Waals surface area contributed by atoms with Gasteiger partial charge in [0.25, 0.3) is 0 Å². The Morgan fingerprint density at radius 1 is 1.03 bits per heavy atom. The van der Waals surface area contributed by atoms with Gasteiger partial charge in [0.1, 0.15) is 17.1 Å². The number of rotatable bonds is 9. The number of benzene rings is 2. The smallest absolute Gasteiger partial charge is 0.408 e. The zero-order valence-corrected chi connectivity index (χ0v) is 22.6. The summed E-state index contributed by atoms with van der Waals surface area (Å²) in [4.78, 5) is 41.3. The number of hydrogen-bond acceptors (Lipinski definition) is 4. The number of likely N-dealkylation sites (tertiary alicyclic amines) is 1. The van der Waals surface area contributed by atoms with E-state index in [0.29, 0.717) is 30.5 Å². The van der Waals surface area contributed by atoms with Gasteiger partial charge in [0.15, 0.2) is 0 Å². The average molecular weight is 509 g/mol. The van der Waals surface area contributed by atoms with Gasteiger partial charge in [0.05, 0.1) is 0 Å². The van der Waals surface area contributed by atoms with E-state index in [1.807, 2.05) is 74.5 Å². The summed E-state index contributed by atoms with van der Waals surface area (Å²) in [5.41, 5.74) is -0.646. The second-order valence-electron chi connectivity index (χ2n) is 11.0. The molecule has 2 aromatic rings. The molecule has 0 aromatic heterocycles. The van der Waals surface area contributed by atoms with Crippen molar-refractivity contribution in [3.05, 3.63) is 71.8 Å². The molecule has 0 radical (unpaired) electrons. The number of nitrogens with zero attached hydrogens (tertiary/aromatic N) is 1. The number of nitrogens with one attached hydrogen (secondary N) is 1. The minimum atomic E-state index is -1.32. The molecule has 7 nitrogen and oxygen atoms in total. The maximum atomic E-state index is 13.9. The molecule has 1 saturated heterocycles. The number of carbonyl (C=O) groups is 3. The zero-order valence-electron chi connectivity index (χ0n) is 22.6. The zero-order chi connectivity index (χ0) is 27.2. The largest absolute Gasteiger partial charge is 0.480 e. The summed E-state index contributed by atoms with van der Waals surface area (Å²) in [6, 6.07) is 17.4. The van der Waals surface area contributed by atoms with Crippen molar-refractivity contribution < 1.29 is 24.2 Å². The Balaban J connectivity index is 1.96. The second-order valence-corrected chi connectivity index (χ2v) is 11.0. The number of hydrogen-bond donors (Lipinski definition) is 2. The molecule has 7 heteroatoms. The summed E-state index contributed by atoms with van der Waals surface area (Å²) in [6.07, 6.45) is 1.77. The Kier molecular flexibility index (Phi) is 9.00. The van der Waals surface area contributed by atoms with Gasteiger partial charge in [0.2, 0.25) is 5.91 Å². The van der Waals surface area contributed by atoms with Gasteiger partial charge < -0.3 is 20.1 Å². The third-order valence-corrected chi connectivity index (χ3v) is 7.25. The summed E-state index contributed by atoms with van der Waals surface area (Å²) in [5.74, 6) is -1.26. The van der Waals surface area contributed by atoms with Crippen molar-refractivity contribution in [1.29, 1.82) is 0 Å². The van der Waals surface area contributed by atoms with Crippen LogP contribution in [0.3, 0.4) is 0 Å². The molecule has 1 aliphatic heterocycles. The van der Waals surface area contributed by atoms with Gasteiger partial charge in [-0.15, -0.1) is 0 Å². The maximum Gasteiger partial charge on any atom is 0.408 e. The van der Waals surface area contributed by atoms with Crippen LogP contribution in [0.2, 0.25) is 0 Å². The Morgan fingerprint density at radius 2 is 1.57 bits per heavy atom. The number of alkyl carbamates (subject to hydrolysis) is 1. The van der Waals surface area contributed by atoms with Crippen molar-refractivity contribution >= 4 is 18.0 Å². The van der Waals surface area contributed by atoms with E-state index in [-0.39, 0.29) is 24.3 Å². The van der Waals surface area contributed by atoms with E-state index < -0.39 is 29.1 Å². The van der Waals surface area contributed by atoms with E-state index in [2.05, 4.69) is 5.32 Å². The van der Waals surface area contributed by atoms with Crippen LogP contribution in [0.15, 0.2) is 60.7 Å². The molecule has 1 heterocycles. The number of carbonyl (C=O) groups excluding carboxylic acids is 2. The van der Waals surface area contributed by atoms with E-state index in [1.165, 1.54) is 0 Å². The van der Waals surface area contributed by atoms with E-state index in [1.54, 1.807) is 25.7 Å². The third kappa shape index (κ3) is 6.51. The molecular weight excluding hydrogens is 468 g/mol. The van der Waals surface area contributed by atoms with Gasteiger partial charge in [-0.25, -0.2) is 4.79 Å². The van der Waals surface area contributed by atoms with E-state index in [4.69, 9.17) is 4.74 Å². The van der Waals surface area contributed by atoms with Gasteiger partial charge in [0, 0.05) is 12.6 Å². The molecule has 37 heavy (non-hydrogen) atoms. The normalized spacial score (nSPS) is 17.6. The quantitative estimate of drug-likeness (QED) is 0.474. The summed E-state index contributed by atoms with van der Waals surface area (Å²) < 4.78 is 5.43. The second kappa shape index (κ2) is 11.8. The van der Waals surface area contributed by atoms with E-state index >= 15 is 0 Å². The first-order valence-electron chi connectivity index (χ1n) is 13.1. The summed E-state index contributed by atoms with van der Waals surface area (Å²) in [7, 11) is 0. The minimum absolute atomic E-state index is 0.117. The molecule has 1 fully saturated rings. The summed E-state index contributed by atoms with van der Waals surface area (Å²) in [6.45, 7) is 9.76. The van der Waals surface area contributed by atoms with Crippen molar-refractivity contribution in [3.8, 4) is 0 Å². The van der Waals surface area contributed by atoms with E-state index in [9.17, 15) is 19.5 Å². The van der Waals surface area contributed by atoms with Gasteiger partial charge in [-0.3, -0.25) is 9.59 Å². The highest BCUT2D eigenvalue weighted by atomic mass is 16.6. The monoisotopic (exact) mass is 508 g/mol. The molecular formula is C30H40N2O5. The van der Waals surface area contributed by atoms with Crippen LogP contribution in [0.4, 0.5) is 4.79 Å². The molecule has 200 valence electrons. The first-order chi connectivity index (χ1) is 17.5. The number of carboxylic acids is 1. The highest BCUT2D eigenvalue weighted by molar-refractivity contribution is 5.88. The predicted molar refractivity (Wildman–Crippen MR) is 143 cm³/mol. The van der Waals surface area contributed by atoms with Crippen molar-refractivity contribution in [2.45, 2.75) is 83.4 Å². The van der Waals surface area contributed by atoms with Crippen molar-refractivity contribution in [1.82, 2.24) is 10.2 Å². The van der Waals surface area contributed by atoms with Crippen LogP contribution in [0, 0.1) is 5.92 Å². The molecule has 0 spiro atoms. The fourth-order valence-corrected chi connectivity index (χ4v) is 5.17. The molecule has 3 rings (SSSR count). The standard InChI is InChI=1S/C30H40N2O5/c1-6-21(2)25(31-28(36)37-29(3,4)5)26(33)32-19-13-18-24(32)20-30(27(34)35,22-14-9-7-10-15-22)23-16-11-8-12-17-23/h7-12,14-17,21,24-25H,6,13,18-20H2,1-5H3,(H,31,36)(H,34,35). The van der Waals surface area contributed by atoms with Gasteiger partial charge in [-0.05, 0) is 57.1 Å². The van der Waals surface area contributed by atoms with Crippen molar-refractivity contribution in [3.63, 3.8) is 0 Å². The lowest BCUT2D eigenvalue weighted by molar-refractivity contribution is -0.144. The van der Waals surface area contributed by atoms with Gasteiger partial charge >= 0.3 is 12.1 Å². The topological polar surface area (TPSA) is 95.9 Å². The first-order valence-corrected chi connectivity index (χ1v) is 13.1. The Morgan fingerprint density at radius 3 is 2.03 bits per heavy atom. The molecule has 0 bridgehead atoms. The fourth-order valence-electron chi connectivity index (χ4n) is 5.17. The number of aliphatic carboxylic acids is 1. The molecule has 3 unspecified atom stereocenters. The van der Waals surface area contributed by atoms with Crippen LogP contribution >= 0.6 is 0 Å². The van der Waals surface area contributed by atoms with Crippen LogP contribution in [-0.4, -0.2) is 52.2 Å². The first kappa shape index (κ1) is 28.2. The molecule has 0 saturated carbocycles. The summed E-state index contributed by atoms with van der Waals surface area (Å²) >= 11 is 0. The summed E-state index contributed by atoms with van der Waals surface area (Å²) in [5, 5.41) is 13.5. The Hall–Kier alpha value is -3.35. The maximum absolute atomic E-state index is 13.9. The third-order valence-electron chi connectivity index (χ3n) is 7.25. The lowest BCUT2D eigenvalue weighted by atomic mass is 9.70. The van der Waals surface area contributed by atoms with Crippen LogP contribution in [0.5, 0.6) is 0 Å². The molecule has 1 aliphatic rings. The predicted octanol–water partition coefficient (Wildman–Crippen LogP) is 5.38. The number of ether oxygens (including phenoxy) is 1. The highest BCUT2D eigenvalue weighted by Crippen LogP contribution is 2.40. The molecule has 0 aliphatic carbocycles. The molecule has 2 N–H and O–H groups in total. The lowest BCUT2D eigenvalue weighted by Crippen LogP contribution is -2.54. The van der Waals surface area contributed by atoms with Gasteiger partial charge in [-0.2, -0.15) is 0 Å². The van der Waals surface area contributed by atoms with Gasteiger partial charge in [-0.1, -0.05) is 80.9 Å². The van der Waals surface area contributed by atoms with Crippen molar-refractivity contribution in [2.24, 2.45) is 5.92 Å². The number of carboxylic acid groups (broad SMARTS) is 1. The lowest BCUT2D eigenvalue weighted by Gasteiger charge is -2.38. The SMILES string of the molecule is CCC(C)C(NC(=O)OC(C)(C)C)C(=O)N1CCCC1CC(C(=O)O)(c1ccccc1)c1ccccc1. The average Bonchev–Trinajstić information content (AvgIpc) is 3.33. The molecule has 2 amide bonds. The minimum Gasteiger partial charge on any atom is -0.480 e. The highest BCUT2D eigenvalue weighted by Gasteiger charge is 2.47. The number of amides is 2. The Bertz CT molecular complexity index is 1020. The van der Waals surface area contributed by atoms with Crippen LogP contribution in [0.25, 0.3) is 0 Å². The Labute approximate surface area is 220 Å². The van der Waals surface area contributed by atoms with Crippen LogP contribution in [0.1, 0.15) is 71.4 Å². The molecule has 3 atom stereocenters. The van der Waals surface area contributed by atoms with Crippen LogP contribution in [-0.2, 0) is 19.7 Å². The van der Waals surface area contributed by atoms with E-state index in [0.717, 1.165) is 6.42 Å². The van der Waals surface area contributed by atoms with Crippen molar-refractivity contribution in [2.75, 3.05) is 6.54 Å². The molecule has 2 aromatic carbocycles.